The summed E-state index contributed by atoms with van der Waals surface area (Å²) in [4.78, 5) is 26.1. The van der Waals surface area contributed by atoms with Crippen LogP contribution in [0.25, 0.3) is 0 Å². The van der Waals surface area contributed by atoms with E-state index in [-0.39, 0.29) is 13.1 Å². The molecule has 1 heterocycles. The fraction of sp³-hybridized carbons (Fsp3) is 0.600. The Morgan fingerprint density at radius 1 is 1.50 bits per heavy atom. The van der Waals surface area contributed by atoms with Crippen LogP contribution in [-0.2, 0) is 11.3 Å². The van der Waals surface area contributed by atoms with Crippen LogP contribution in [0.1, 0.15) is 25.6 Å². The molecule has 2 amide bonds. The third kappa shape index (κ3) is 4.81. The van der Waals surface area contributed by atoms with E-state index in [1.807, 2.05) is 6.92 Å². The molecule has 4 N–H and O–H groups in total. The predicted octanol–water partition coefficient (Wildman–Crippen LogP) is 0.105. The molecule has 0 saturated carbocycles. The Labute approximate surface area is 104 Å². The molecule has 8 heteroatoms. The zero-order valence-electron chi connectivity index (χ0n) is 10.1. The third-order valence-electron chi connectivity index (χ3n) is 2.38. The lowest BCUT2D eigenvalue weighted by Gasteiger charge is -2.12. The molecule has 0 fully saturated rings. The van der Waals surface area contributed by atoms with Gasteiger partial charge in [0.1, 0.15) is 12.2 Å². The molecular weight excluding hydrogens is 238 g/mol. The fourth-order valence-corrected chi connectivity index (χ4v) is 1.42. The number of aromatic amines is 1. The average Bonchev–Trinajstić information content (AvgIpc) is 2.84. The van der Waals surface area contributed by atoms with E-state index < -0.39 is 17.9 Å². The summed E-state index contributed by atoms with van der Waals surface area (Å²) in [5.41, 5.74) is 0. The van der Waals surface area contributed by atoms with Gasteiger partial charge in [-0.05, 0) is 6.42 Å². The molecule has 0 radical (unpaired) electrons. The monoisotopic (exact) mass is 255 g/mol. The maximum absolute atomic E-state index is 11.4. The highest BCUT2D eigenvalue weighted by molar-refractivity contribution is 5.75. The molecule has 1 rings (SSSR count). The Balaban J connectivity index is 2.25. The van der Waals surface area contributed by atoms with Crippen LogP contribution >= 0.6 is 0 Å². The van der Waals surface area contributed by atoms with Crippen molar-refractivity contribution >= 4 is 12.0 Å². The molecule has 8 nitrogen and oxygen atoms in total. The molecule has 0 aromatic carbocycles. The Kier molecular flexibility index (Phi) is 5.62. The number of carboxylic acid groups (broad SMARTS) is 1. The SMILES string of the molecule is CCCC(CNC(=O)NCc1ncn[nH]1)C(=O)O. The topological polar surface area (TPSA) is 120 Å². The van der Waals surface area contributed by atoms with Crippen molar-refractivity contribution in [1.29, 1.82) is 0 Å². The van der Waals surface area contributed by atoms with E-state index in [1.54, 1.807) is 0 Å². The lowest BCUT2D eigenvalue weighted by Crippen LogP contribution is -2.39. The van der Waals surface area contributed by atoms with Crippen molar-refractivity contribution in [2.45, 2.75) is 26.3 Å². The molecule has 1 aromatic rings. The van der Waals surface area contributed by atoms with Crippen LogP contribution in [0.15, 0.2) is 6.33 Å². The number of nitrogens with one attached hydrogen (secondary N) is 3. The molecule has 1 aromatic heterocycles. The van der Waals surface area contributed by atoms with E-state index in [0.29, 0.717) is 12.2 Å². The van der Waals surface area contributed by atoms with Gasteiger partial charge in [0.05, 0.1) is 12.5 Å². The maximum Gasteiger partial charge on any atom is 0.315 e. The zero-order valence-corrected chi connectivity index (χ0v) is 10.1. The summed E-state index contributed by atoms with van der Waals surface area (Å²) in [7, 11) is 0. The Bertz CT molecular complexity index is 379. The van der Waals surface area contributed by atoms with Crippen molar-refractivity contribution in [3.8, 4) is 0 Å². The van der Waals surface area contributed by atoms with Crippen molar-refractivity contribution in [1.82, 2.24) is 25.8 Å². The molecule has 0 aliphatic carbocycles. The molecule has 0 saturated heterocycles. The Morgan fingerprint density at radius 3 is 2.83 bits per heavy atom. The van der Waals surface area contributed by atoms with Gasteiger partial charge in [0.25, 0.3) is 0 Å². The van der Waals surface area contributed by atoms with Crippen LogP contribution in [0.3, 0.4) is 0 Å². The number of aromatic nitrogens is 3. The van der Waals surface area contributed by atoms with Gasteiger partial charge < -0.3 is 15.7 Å². The van der Waals surface area contributed by atoms with Gasteiger partial charge in [-0.2, -0.15) is 5.10 Å². The molecule has 1 unspecified atom stereocenters. The number of carbonyl (C=O) groups is 2. The summed E-state index contributed by atoms with van der Waals surface area (Å²) in [6.45, 7) is 2.24. The highest BCUT2D eigenvalue weighted by Gasteiger charge is 2.16. The summed E-state index contributed by atoms with van der Waals surface area (Å²) in [6.07, 6.45) is 2.65. The van der Waals surface area contributed by atoms with Crippen molar-refractivity contribution in [2.75, 3.05) is 6.54 Å². The molecule has 0 spiro atoms. The number of carboxylic acids is 1. The van der Waals surface area contributed by atoms with E-state index in [2.05, 4.69) is 25.8 Å². The minimum atomic E-state index is -0.896. The second-order valence-corrected chi connectivity index (χ2v) is 3.82. The highest BCUT2D eigenvalue weighted by Crippen LogP contribution is 2.04. The summed E-state index contributed by atoms with van der Waals surface area (Å²) in [6, 6.07) is -0.422. The van der Waals surface area contributed by atoms with Gasteiger partial charge in [-0.1, -0.05) is 13.3 Å². The predicted molar refractivity (Wildman–Crippen MR) is 62.7 cm³/mol. The maximum atomic E-state index is 11.4. The molecule has 0 aliphatic heterocycles. The fourth-order valence-electron chi connectivity index (χ4n) is 1.42. The van der Waals surface area contributed by atoms with Crippen LogP contribution < -0.4 is 10.6 Å². The van der Waals surface area contributed by atoms with Crippen LogP contribution in [0.2, 0.25) is 0 Å². The number of hydrogen-bond donors (Lipinski definition) is 4. The first-order chi connectivity index (χ1) is 8.63. The number of aliphatic carboxylic acids is 1. The Morgan fingerprint density at radius 2 is 2.28 bits per heavy atom. The third-order valence-corrected chi connectivity index (χ3v) is 2.38. The summed E-state index contributed by atoms with van der Waals surface area (Å²) >= 11 is 0. The second kappa shape index (κ2) is 7.25. The lowest BCUT2D eigenvalue weighted by molar-refractivity contribution is -0.141. The van der Waals surface area contributed by atoms with Crippen LogP contribution in [0, 0.1) is 5.92 Å². The highest BCUT2D eigenvalue weighted by atomic mass is 16.4. The molecule has 18 heavy (non-hydrogen) atoms. The second-order valence-electron chi connectivity index (χ2n) is 3.82. The molecule has 100 valence electrons. The van der Waals surface area contributed by atoms with Gasteiger partial charge in [-0.15, -0.1) is 0 Å². The van der Waals surface area contributed by atoms with E-state index in [0.717, 1.165) is 6.42 Å². The van der Waals surface area contributed by atoms with Crippen LogP contribution in [0.4, 0.5) is 4.79 Å². The quantitative estimate of drug-likeness (QED) is 0.551. The standard InChI is InChI=1S/C10H17N5O3/c1-2-3-7(9(16)17)4-11-10(18)12-5-8-13-6-14-15-8/h6-7H,2-5H2,1H3,(H,16,17)(H2,11,12,18)(H,13,14,15). The first-order valence-corrected chi connectivity index (χ1v) is 5.72. The number of hydrogen-bond acceptors (Lipinski definition) is 4. The van der Waals surface area contributed by atoms with Gasteiger partial charge >= 0.3 is 12.0 Å². The molecule has 0 bridgehead atoms. The molecule has 0 aliphatic rings. The number of urea groups is 1. The normalized spacial score (nSPS) is 11.8. The zero-order chi connectivity index (χ0) is 13.4. The summed E-state index contributed by atoms with van der Waals surface area (Å²) in [5.74, 6) is -0.910. The number of rotatable bonds is 7. The van der Waals surface area contributed by atoms with Crippen molar-refractivity contribution in [3.05, 3.63) is 12.2 Å². The number of H-pyrrole nitrogens is 1. The first-order valence-electron chi connectivity index (χ1n) is 5.72. The Hall–Kier alpha value is -2.12. The largest absolute Gasteiger partial charge is 0.481 e. The van der Waals surface area contributed by atoms with Gasteiger partial charge in [-0.25, -0.2) is 9.78 Å². The molecule has 1 atom stereocenters. The molecular formula is C10H17N5O3. The van der Waals surface area contributed by atoms with Crippen molar-refractivity contribution < 1.29 is 14.7 Å². The lowest BCUT2D eigenvalue weighted by atomic mass is 10.0. The summed E-state index contributed by atoms with van der Waals surface area (Å²) in [5, 5.41) is 20.2. The van der Waals surface area contributed by atoms with E-state index in [4.69, 9.17) is 5.11 Å². The van der Waals surface area contributed by atoms with Crippen molar-refractivity contribution in [2.24, 2.45) is 5.92 Å². The first kappa shape index (κ1) is 13.9. The van der Waals surface area contributed by atoms with E-state index >= 15 is 0 Å². The van der Waals surface area contributed by atoms with E-state index in [1.165, 1.54) is 6.33 Å². The summed E-state index contributed by atoms with van der Waals surface area (Å²) < 4.78 is 0. The smallest absolute Gasteiger partial charge is 0.315 e. The minimum Gasteiger partial charge on any atom is -0.481 e. The van der Waals surface area contributed by atoms with Crippen LogP contribution in [-0.4, -0.2) is 38.8 Å². The van der Waals surface area contributed by atoms with Gasteiger partial charge in [0.15, 0.2) is 0 Å². The van der Waals surface area contributed by atoms with Gasteiger partial charge in [-0.3, -0.25) is 9.89 Å². The van der Waals surface area contributed by atoms with Crippen molar-refractivity contribution in [3.63, 3.8) is 0 Å². The number of amides is 2. The van der Waals surface area contributed by atoms with Crippen LogP contribution in [0.5, 0.6) is 0 Å². The number of carbonyl (C=O) groups excluding carboxylic acids is 1. The number of nitrogens with zero attached hydrogens (tertiary/aromatic N) is 2. The van der Waals surface area contributed by atoms with Gasteiger partial charge in [0.2, 0.25) is 0 Å². The minimum absolute atomic E-state index is 0.116. The van der Waals surface area contributed by atoms with Gasteiger partial charge in [0, 0.05) is 6.54 Å². The van der Waals surface area contributed by atoms with E-state index in [9.17, 15) is 9.59 Å². The average molecular weight is 255 g/mol.